The second-order valence-corrected chi connectivity index (χ2v) is 5.86. The van der Waals surface area contributed by atoms with Crippen molar-refractivity contribution in [3.63, 3.8) is 0 Å². The van der Waals surface area contributed by atoms with E-state index in [1.165, 1.54) is 13.0 Å². The Morgan fingerprint density at radius 1 is 1.50 bits per heavy atom. The average Bonchev–Trinajstić information content (AvgIpc) is 2.80. The Labute approximate surface area is 111 Å². The van der Waals surface area contributed by atoms with Gasteiger partial charge in [-0.25, -0.2) is 0 Å². The average molecular weight is 255 g/mol. The summed E-state index contributed by atoms with van der Waals surface area (Å²) in [6, 6.07) is 0. The molecule has 1 rings (SSSR count). The number of carbonyl (C=O) groups is 1. The van der Waals surface area contributed by atoms with Crippen LogP contribution in [0.4, 0.5) is 0 Å². The summed E-state index contributed by atoms with van der Waals surface area (Å²) in [7, 11) is 0. The van der Waals surface area contributed by atoms with Crippen LogP contribution in [0.15, 0.2) is 0 Å². The number of hydrogen-bond donors (Lipinski definition) is 2. The van der Waals surface area contributed by atoms with Gasteiger partial charge in [0.15, 0.2) is 0 Å². The lowest BCUT2D eigenvalue weighted by Crippen LogP contribution is -2.38. The highest BCUT2D eigenvalue weighted by Gasteiger charge is 2.23. The summed E-state index contributed by atoms with van der Waals surface area (Å²) < 4.78 is 0. The SMILES string of the molecule is CCN1CCC(CNC(=O)C(CN)CC(C)C)C1. The molecule has 3 N–H and O–H groups in total. The maximum absolute atomic E-state index is 12.0. The van der Waals surface area contributed by atoms with Gasteiger partial charge in [-0.05, 0) is 37.8 Å². The van der Waals surface area contributed by atoms with Crippen LogP contribution in [0.2, 0.25) is 0 Å². The van der Waals surface area contributed by atoms with Crippen LogP contribution >= 0.6 is 0 Å². The van der Waals surface area contributed by atoms with E-state index in [1.54, 1.807) is 0 Å². The van der Waals surface area contributed by atoms with E-state index in [0.717, 1.165) is 26.1 Å². The fourth-order valence-electron chi connectivity index (χ4n) is 2.64. The molecule has 106 valence electrons. The van der Waals surface area contributed by atoms with Crippen molar-refractivity contribution < 1.29 is 4.79 Å². The molecular weight excluding hydrogens is 226 g/mol. The molecular formula is C14H29N3O. The van der Waals surface area contributed by atoms with Crippen molar-refractivity contribution in [1.29, 1.82) is 0 Å². The van der Waals surface area contributed by atoms with Gasteiger partial charge in [-0.2, -0.15) is 0 Å². The fourth-order valence-corrected chi connectivity index (χ4v) is 2.64. The van der Waals surface area contributed by atoms with E-state index in [1.807, 2.05) is 0 Å². The quantitative estimate of drug-likeness (QED) is 0.715. The fraction of sp³-hybridized carbons (Fsp3) is 0.929. The minimum Gasteiger partial charge on any atom is -0.355 e. The van der Waals surface area contributed by atoms with Crippen LogP contribution in [0.3, 0.4) is 0 Å². The highest BCUT2D eigenvalue weighted by molar-refractivity contribution is 5.78. The molecule has 0 aromatic rings. The molecule has 0 bridgehead atoms. The lowest BCUT2D eigenvalue weighted by Gasteiger charge is -2.19. The maximum Gasteiger partial charge on any atom is 0.224 e. The predicted molar refractivity (Wildman–Crippen MR) is 75.2 cm³/mol. The first-order valence-corrected chi connectivity index (χ1v) is 7.26. The number of nitrogens with one attached hydrogen (secondary N) is 1. The second kappa shape index (κ2) is 7.74. The molecule has 0 aromatic heterocycles. The Morgan fingerprint density at radius 2 is 2.22 bits per heavy atom. The Bertz CT molecular complexity index is 255. The van der Waals surface area contributed by atoms with E-state index in [9.17, 15) is 4.79 Å². The van der Waals surface area contributed by atoms with Crippen LogP contribution in [0.5, 0.6) is 0 Å². The number of carbonyl (C=O) groups excluding carboxylic acids is 1. The number of amides is 1. The Morgan fingerprint density at radius 3 is 2.72 bits per heavy atom. The van der Waals surface area contributed by atoms with Crippen molar-refractivity contribution in [2.45, 2.75) is 33.6 Å². The zero-order chi connectivity index (χ0) is 13.5. The minimum absolute atomic E-state index is 0.0197. The van der Waals surface area contributed by atoms with Gasteiger partial charge in [0.05, 0.1) is 5.92 Å². The number of hydrogen-bond acceptors (Lipinski definition) is 3. The Balaban J connectivity index is 2.27. The summed E-state index contributed by atoms with van der Waals surface area (Å²) in [5.74, 6) is 1.26. The second-order valence-electron chi connectivity index (χ2n) is 5.86. The third kappa shape index (κ3) is 4.94. The molecule has 2 atom stereocenters. The van der Waals surface area contributed by atoms with E-state index >= 15 is 0 Å². The molecule has 4 nitrogen and oxygen atoms in total. The molecule has 2 unspecified atom stereocenters. The molecule has 1 saturated heterocycles. The summed E-state index contributed by atoms with van der Waals surface area (Å²) in [5.41, 5.74) is 5.68. The molecule has 4 heteroatoms. The van der Waals surface area contributed by atoms with Crippen LogP contribution in [0.1, 0.15) is 33.6 Å². The van der Waals surface area contributed by atoms with Gasteiger partial charge in [-0.1, -0.05) is 20.8 Å². The van der Waals surface area contributed by atoms with Gasteiger partial charge < -0.3 is 16.0 Å². The maximum atomic E-state index is 12.0. The predicted octanol–water partition coefficient (Wildman–Crippen LogP) is 1.07. The first kappa shape index (κ1) is 15.4. The zero-order valence-corrected chi connectivity index (χ0v) is 12.1. The molecule has 1 aliphatic rings. The zero-order valence-electron chi connectivity index (χ0n) is 12.1. The van der Waals surface area contributed by atoms with Crippen LogP contribution < -0.4 is 11.1 Å². The van der Waals surface area contributed by atoms with Crippen LogP contribution in [0, 0.1) is 17.8 Å². The highest BCUT2D eigenvalue weighted by Crippen LogP contribution is 2.15. The molecule has 0 spiro atoms. The molecule has 1 amide bonds. The van der Waals surface area contributed by atoms with Gasteiger partial charge >= 0.3 is 0 Å². The molecule has 0 aliphatic carbocycles. The summed E-state index contributed by atoms with van der Waals surface area (Å²) in [6.07, 6.45) is 2.08. The summed E-state index contributed by atoms with van der Waals surface area (Å²) in [4.78, 5) is 14.4. The summed E-state index contributed by atoms with van der Waals surface area (Å²) in [6.45, 7) is 11.1. The van der Waals surface area contributed by atoms with E-state index in [2.05, 4.69) is 31.0 Å². The third-order valence-electron chi connectivity index (χ3n) is 3.79. The van der Waals surface area contributed by atoms with E-state index < -0.39 is 0 Å². The highest BCUT2D eigenvalue weighted by atomic mass is 16.1. The van der Waals surface area contributed by atoms with Crippen LogP contribution in [0.25, 0.3) is 0 Å². The molecule has 18 heavy (non-hydrogen) atoms. The largest absolute Gasteiger partial charge is 0.355 e. The van der Waals surface area contributed by atoms with Gasteiger partial charge in [0, 0.05) is 19.6 Å². The van der Waals surface area contributed by atoms with Crippen molar-refractivity contribution in [3.05, 3.63) is 0 Å². The molecule has 1 fully saturated rings. The van der Waals surface area contributed by atoms with Crippen molar-refractivity contribution in [1.82, 2.24) is 10.2 Å². The van der Waals surface area contributed by atoms with Gasteiger partial charge in [0.1, 0.15) is 0 Å². The van der Waals surface area contributed by atoms with E-state index in [0.29, 0.717) is 18.4 Å². The van der Waals surface area contributed by atoms with E-state index in [-0.39, 0.29) is 11.8 Å². The minimum atomic E-state index is -0.0197. The molecule has 1 aliphatic heterocycles. The van der Waals surface area contributed by atoms with Crippen molar-refractivity contribution in [2.24, 2.45) is 23.5 Å². The van der Waals surface area contributed by atoms with Crippen LogP contribution in [-0.2, 0) is 4.79 Å². The summed E-state index contributed by atoms with van der Waals surface area (Å²) in [5, 5.41) is 3.08. The van der Waals surface area contributed by atoms with Crippen molar-refractivity contribution >= 4 is 5.91 Å². The lowest BCUT2D eigenvalue weighted by molar-refractivity contribution is -0.125. The van der Waals surface area contributed by atoms with Crippen molar-refractivity contribution in [3.8, 4) is 0 Å². The lowest BCUT2D eigenvalue weighted by atomic mass is 9.96. The molecule has 0 saturated carbocycles. The number of nitrogens with zero attached hydrogens (tertiary/aromatic N) is 1. The smallest absolute Gasteiger partial charge is 0.224 e. The van der Waals surface area contributed by atoms with Gasteiger partial charge in [-0.3, -0.25) is 4.79 Å². The van der Waals surface area contributed by atoms with Gasteiger partial charge in [0.2, 0.25) is 5.91 Å². The van der Waals surface area contributed by atoms with Crippen LogP contribution in [-0.4, -0.2) is 43.5 Å². The molecule has 0 radical (unpaired) electrons. The Hall–Kier alpha value is -0.610. The molecule has 0 aromatic carbocycles. The number of nitrogens with two attached hydrogens (primary N) is 1. The summed E-state index contributed by atoms with van der Waals surface area (Å²) >= 11 is 0. The molecule has 1 heterocycles. The van der Waals surface area contributed by atoms with Gasteiger partial charge in [-0.15, -0.1) is 0 Å². The third-order valence-corrected chi connectivity index (χ3v) is 3.79. The van der Waals surface area contributed by atoms with Gasteiger partial charge in [0.25, 0.3) is 0 Å². The number of rotatable bonds is 7. The Kier molecular flexibility index (Phi) is 6.65. The standard InChI is InChI=1S/C14H29N3O/c1-4-17-6-5-12(10-17)9-16-14(18)13(8-15)7-11(2)3/h11-13H,4-10,15H2,1-3H3,(H,16,18). The first-order chi connectivity index (χ1) is 8.56. The number of likely N-dealkylation sites (tertiary alicyclic amines) is 1. The normalized spacial score (nSPS) is 22.4. The van der Waals surface area contributed by atoms with Crippen molar-refractivity contribution in [2.75, 3.05) is 32.7 Å². The van der Waals surface area contributed by atoms with E-state index in [4.69, 9.17) is 5.73 Å². The monoisotopic (exact) mass is 255 g/mol. The topological polar surface area (TPSA) is 58.4 Å². The first-order valence-electron chi connectivity index (χ1n) is 7.26.